The molecule has 3 aromatic rings. The van der Waals surface area contributed by atoms with Crippen molar-refractivity contribution in [2.75, 3.05) is 0 Å². The van der Waals surface area contributed by atoms with E-state index in [9.17, 15) is 0 Å². The van der Waals surface area contributed by atoms with Crippen molar-refractivity contribution in [3.8, 4) is 0 Å². The molecule has 0 aliphatic rings. The second kappa shape index (κ2) is 23.5. The van der Waals surface area contributed by atoms with Crippen molar-refractivity contribution in [1.82, 2.24) is 9.97 Å². The zero-order valence-electron chi connectivity index (χ0n) is 24.3. The van der Waals surface area contributed by atoms with Gasteiger partial charge in [0.05, 0.1) is 11.0 Å². The molecule has 2 heterocycles. The summed E-state index contributed by atoms with van der Waals surface area (Å²) < 4.78 is 0. The summed E-state index contributed by atoms with van der Waals surface area (Å²) in [5.74, 6) is -1.67. The van der Waals surface area contributed by atoms with E-state index in [1.165, 1.54) is 11.1 Å². The van der Waals surface area contributed by atoms with Crippen molar-refractivity contribution in [2.24, 2.45) is 0 Å². The fourth-order valence-electron chi connectivity index (χ4n) is 3.06. The van der Waals surface area contributed by atoms with Crippen LogP contribution < -0.4 is 0 Å². The summed E-state index contributed by atoms with van der Waals surface area (Å²) in [7, 11) is 0. The molecule has 0 radical (unpaired) electrons. The average molecular weight is 625 g/mol. The van der Waals surface area contributed by atoms with Crippen LogP contribution >= 0.6 is 0 Å². The number of allylic oxidation sites excluding steroid dienone is 8. The van der Waals surface area contributed by atoms with E-state index < -0.39 is 11.9 Å². The number of aromatic nitrogens is 2. The molecule has 0 bridgehead atoms. The molecular formula is C32H42N2O4Pd. The van der Waals surface area contributed by atoms with Crippen LogP contribution in [0.5, 0.6) is 0 Å². The number of aliphatic carboxylic acids is 2. The van der Waals surface area contributed by atoms with Crippen LogP contribution in [-0.2, 0) is 30.0 Å². The fourth-order valence-corrected chi connectivity index (χ4v) is 3.06. The molecule has 0 saturated carbocycles. The predicted molar refractivity (Wildman–Crippen MR) is 163 cm³/mol. The van der Waals surface area contributed by atoms with Gasteiger partial charge >= 0.3 is 0 Å². The maximum absolute atomic E-state index is 9.00. The van der Waals surface area contributed by atoms with E-state index in [2.05, 4.69) is 60.4 Å². The largest absolute Gasteiger partial charge is 0.481 e. The van der Waals surface area contributed by atoms with Gasteiger partial charge in [0.1, 0.15) is 0 Å². The molecule has 3 rings (SSSR count). The van der Waals surface area contributed by atoms with Gasteiger partial charge in [0.15, 0.2) is 0 Å². The van der Waals surface area contributed by atoms with Gasteiger partial charge in [0.25, 0.3) is 11.9 Å². The van der Waals surface area contributed by atoms with Crippen molar-refractivity contribution in [2.45, 2.75) is 55.4 Å². The van der Waals surface area contributed by atoms with Crippen LogP contribution in [0.4, 0.5) is 0 Å². The topological polar surface area (TPSA) is 100 Å². The SMILES string of the molecule is C=C/C=C\C(=C)c1ccnc2c1ccc1c(/C(C)=C/C=C\C)ccnc12.CC.CC.CC(=O)O.CC(=O)O.[Pd]. The van der Waals surface area contributed by atoms with Gasteiger partial charge in [-0.1, -0.05) is 89.4 Å². The maximum Gasteiger partial charge on any atom is 0.300 e. The fraction of sp³-hybridized carbons (Fsp3) is 0.250. The Kier molecular flexibility index (Phi) is 24.0. The van der Waals surface area contributed by atoms with Crippen molar-refractivity contribution in [3.63, 3.8) is 0 Å². The first-order valence-electron chi connectivity index (χ1n) is 12.5. The third-order valence-corrected chi connectivity index (χ3v) is 4.36. The van der Waals surface area contributed by atoms with Gasteiger partial charge in [-0.3, -0.25) is 19.6 Å². The van der Waals surface area contributed by atoms with Crippen LogP contribution in [0.3, 0.4) is 0 Å². The first kappa shape index (κ1) is 39.8. The zero-order chi connectivity index (χ0) is 29.7. The molecule has 0 aliphatic carbocycles. The summed E-state index contributed by atoms with van der Waals surface area (Å²) in [6.45, 7) is 22.2. The monoisotopic (exact) mass is 624 g/mol. The predicted octanol–water partition coefficient (Wildman–Crippen LogP) is 8.75. The Bertz CT molecular complexity index is 1270. The van der Waals surface area contributed by atoms with Gasteiger partial charge in [-0.05, 0) is 48.3 Å². The van der Waals surface area contributed by atoms with Crippen LogP contribution in [0.2, 0.25) is 0 Å². The maximum atomic E-state index is 9.00. The molecule has 0 spiro atoms. The number of hydrogen-bond acceptors (Lipinski definition) is 4. The zero-order valence-corrected chi connectivity index (χ0v) is 25.8. The Morgan fingerprint density at radius 1 is 0.795 bits per heavy atom. The van der Waals surface area contributed by atoms with Crippen molar-refractivity contribution in [3.05, 3.63) is 97.4 Å². The number of rotatable bonds is 5. The minimum absolute atomic E-state index is 0. The number of pyridine rings is 2. The van der Waals surface area contributed by atoms with E-state index in [0.717, 1.165) is 46.8 Å². The molecule has 0 atom stereocenters. The Morgan fingerprint density at radius 3 is 1.62 bits per heavy atom. The Balaban J connectivity index is -0.000000857. The smallest absolute Gasteiger partial charge is 0.300 e. The van der Waals surface area contributed by atoms with Crippen LogP contribution in [0, 0.1) is 0 Å². The summed E-state index contributed by atoms with van der Waals surface area (Å²) >= 11 is 0. The summed E-state index contributed by atoms with van der Waals surface area (Å²) in [5, 5.41) is 17.0. The third kappa shape index (κ3) is 14.8. The molecule has 2 aromatic heterocycles. The van der Waals surface area contributed by atoms with E-state index in [0.29, 0.717) is 0 Å². The summed E-state index contributed by atoms with van der Waals surface area (Å²) in [6.07, 6.45) is 15.5. The van der Waals surface area contributed by atoms with E-state index in [-0.39, 0.29) is 20.4 Å². The quantitative estimate of drug-likeness (QED) is 0.167. The molecule has 0 unspecified atom stereocenters. The third-order valence-electron chi connectivity index (χ3n) is 4.36. The Hall–Kier alpha value is -3.66. The standard InChI is InChI=1S/C24H22N2.2C2H4O2.2C2H6.Pd/c1-5-7-9-17(3)19-13-15-25-23-21(19)11-12-22-20(14-16-26-24(22)23)18(4)10-8-6-2;2*1-2(3)4;2*1-2;/h5-16H,1,3H2,2,4H3;2*1H3,(H,3,4);2*1-2H3;/b8-6-,9-7-,18-10+;;;;;. The van der Waals surface area contributed by atoms with Gasteiger partial charge in [-0.2, -0.15) is 0 Å². The van der Waals surface area contributed by atoms with Crippen LogP contribution in [-0.4, -0.2) is 32.1 Å². The molecule has 0 fully saturated rings. The van der Waals surface area contributed by atoms with Gasteiger partial charge in [0.2, 0.25) is 0 Å². The number of nitrogens with zero attached hydrogens (tertiary/aromatic N) is 2. The number of carboxylic acid groups (broad SMARTS) is 2. The molecule has 39 heavy (non-hydrogen) atoms. The summed E-state index contributed by atoms with van der Waals surface area (Å²) in [6, 6.07) is 8.29. The molecule has 0 amide bonds. The van der Waals surface area contributed by atoms with Gasteiger partial charge in [-0.25, -0.2) is 0 Å². The van der Waals surface area contributed by atoms with Gasteiger partial charge in [0, 0.05) is 57.4 Å². The molecule has 7 heteroatoms. The number of fused-ring (bicyclic) bond motifs is 3. The minimum Gasteiger partial charge on any atom is -0.481 e. The normalized spacial score (nSPS) is 9.90. The molecule has 2 N–H and O–H groups in total. The van der Waals surface area contributed by atoms with Crippen molar-refractivity contribution in [1.29, 1.82) is 0 Å². The van der Waals surface area contributed by atoms with Gasteiger partial charge in [-0.15, -0.1) is 0 Å². The van der Waals surface area contributed by atoms with Crippen LogP contribution in [0.1, 0.15) is 66.5 Å². The number of carboxylic acids is 2. The number of hydrogen-bond donors (Lipinski definition) is 2. The first-order valence-corrected chi connectivity index (χ1v) is 12.5. The Labute approximate surface area is 247 Å². The van der Waals surface area contributed by atoms with Crippen LogP contribution in [0.15, 0.2) is 86.3 Å². The second-order valence-electron chi connectivity index (χ2n) is 7.11. The summed E-state index contributed by atoms with van der Waals surface area (Å²) in [5.41, 5.74) is 6.17. The minimum atomic E-state index is -0.833. The molecule has 0 saturated heterocycles. The molecule has 1 aromatic carbocycles. The van der Waals surface area contributed by atoms with E-state index in [4.69, 9.17) is 19.8 Å². The second-order valence-corrected chi connectivity index (χ2v) is 7.11. The van der Waals surface area contributed by atoms with Gasteiger partial charge < -0.3 is 10.2 Å². The molecule has 0 aliphatic heterocycles. The Morgan fingerprint density at radius 2 is 1.21 bits per heavy atom. The summed E-state index contributed by atoms with van der Waals surface area (Å²) in [4.78, 5) is 27.2. The number of benzene rings is 1. The van der Waals surface area contributed by atoms with Crippen molar-refractivity contribution < 1.29 is 40.2 Å². The first-order chi connectivity index (χ1) is 18.1. The number of carbonyl (C=O) groups is 2. The van der Waals surface area contributed by atoms with Crippen molar-refractivity contribution >= 4 is 44.9 Å². The molecule has 214 valence electrons. The molecule has 6 nitrogen and oxygen atoms in total. The average Bonchev–Trinajstić information content (AvgIpc) is 2.91. The molecular weight excluding hydrogens is 583 g/mol. The van der Waals surface area contributed by atoms with E-state index in [1.54, 1.807) is 6.08 Å². The van der Waals surface area contributed by atoms with E-state index >= 15 is 0 Å². The van der Waals surface area contributed by atoms with Crippen LogP contribution in [0.25, 0.3) is 33.0 Å². The van der Waals surface area contributed by atoms with E-state index in [1.807, 2.05) is 71.3 Å².